The van der Waals surface area contributed by atoms with Crippen LogP contribution in [-0.2, 0) is 0 Å². The third-order valence-corrected chi connectivity index (χ3v) is 3.89. The van der Waals surface area contributed by atoms with Gasteiger partial charge in [-0.05, 0) is 32.3 Å². The van der Waals surface area contributed by atoms with Crippen molar-refractivity contribution in [2.24, 2.45) is 0 Å². The molecule has 0 N–H and O–H groups in total. The summed E-state index contributed by atoms with van der Waals surface area (Å²) in [5.41, 5.74) is 0. The van der Waals surface area contributed by atoms with E-state index in [0.29, 0.717) is 21.2 Å². The lowest BCUT2D eigenvalue weighted by Crippen LogP contribution is -2.38. The lowest BCUT2D eigenvalue weighted by Gasteiger charge is -2.35. The Morgan fingerprint density at radius 2 is 2.00 bits per heavy atom. The van der Waals surface area contributed by atoms with Gasteiger partial charge in [-0.15, -0.1) is 0 Å². The van der Waals surface area contributed by atoms with Crippen molar-refractivity contribution < 1.29 is 0 Å². The quantitative estimate of drug-likeness (QED) is 0.707. The fourth-order valence-electron chi connectivity index (χ4n) is 2.05. The van der Waals surface area contributed by atoms with Crippen LogP contribution in [0.2, 0.25) is 15.2 Å². The van der Waals surface area contributed by atoms with Gasteiger partial charge in [0.1, 0.15) is 11.0 Å². The van der Waals surface area contributed by atoms with Gasteiger partial charge in [0.25, 0.3) is 0 Å². The summed E-state index contributed by atoms with van der Waals surface area (Å²) in [6.45, 7) is 3.16. The topological polar surface area (TPSA) is 16.1 Å². The second-order valence-electron chi connectivity index (χ2n) is 4.10. The number of hydrogen-bond acceptors (Lipinski definition) is 2. The minimum Gasteiger partial charge on any atom is -0.353 e. The summed E-state index contributed by atoms with van der Waals surface area (Å²) < 4.78 is 0. The van der Waals surface area contributed by atoms with Gasteiger partial charge in [0.05, 0.1) is 10.0 Å². The van der Waals surface area contributed by atoms with E-state index in [4.69, 9.17) is 34.8 Å². The van der Waals surface area contributed by atoms with E-state index in [1.54, 1.807) is 6.07 Å². The van der Waals surface area contributed by atoms with E-state index in [0.717, 1.165) is 18.8 Å². The minimum absolute atomic E-state index is 0.318. The molecule has 2 rings (SSSR count). The van der Waals surface area contributed by atoms with Gasteiger partial charge in [0.15, 0.2) is 0 Å². The van der Waals surface area contributed by atoms with E-state index in [-0.39, 0.29) is 0 Å². The number of piperidine rings is 1. The third-order valence-electron chi connectivity index (χ3n) is 2.94. The van der Waals surface area contributed by atoms with E-state index in [9.17, 15) is 0 Å². The van der Waals surface area contributed by atoms with Crippen molar-refractivity contribution in [2.75, 3.05) is 11.4 Å². The fourth-order valence-corrected chi connectivity index (χ4v) is 2.65. The number of anilines is 1. The molecular weight excluding hydrogens is 266 g/mol. The summed E-state index contributed by atoms with van der Waals surface area (Å²) in [7, 11) is 0. The van der Waals surface area contributed by atoms with Gasteiger partial charge in [-0.25, -0.2) is 4.98 Å². The van der Waals surface area contributed by atoms with Crippen LogP contribution in [0.25, 0.3) is 0 Å². The Labute approximate surface area is 111 Å². The summed E-state index contributed by atoms with van der Waals surface area (Å²) in [5.74, 6) is 0.753. The zero-order chi connectivity index (χ0) is 11.7. The highest BCUT2D eigenvalue weighted by Crippen LogP contribution is 2.34. The van der Waals surface area contributed by atoms with Gasteiger partial charge < -0.3 is 4.90 Å². The molecule has 2 nitrogen and oxygen atoms in total. The second kappa shape index (κ2) is 4.99. The lowest BCUT2D eigenvalue weighted by molar-refractivity contribution is 0.481. The highest BCUT2D eigenvalue weighted by molar-refractivity contribution is 6.42. The Hall–Kier alpha value is -0.180. The molecule has 0 spiro atoms. The molecule has 2 heterocycles. The van der Waals surface area contributed by atoms with Crippen LogP contribution in [-0.4, -0.2) is 17.6 Å². The number of nitrogens with zero attached hydrogens (tertiary/aromatic N) is 2. The normalized spacial score (nSPS) is 21.2. The summed E-state index contributed by atoms with van der Waals surface area (Å²) in [4.78, 5) is 6.48. The third kappa shape index (κ3) is 2.39. The first-order valence-corrected chi connectivity index (χ1v) is 6.51. The molecule has 1 fully saturated rings. The summed E-state index contributed by atoms with van der Waals surface area (Å²) in [6, 6.07) is 2.12. The van der Waals surface area contributed by atoms with E-state index in [2.05, 4.69) is 16.8 Å². The number of hydrogen-bond donors (Lipinski definition) is 0. The molecule has 16 heavy (non-hydrogen) atoms. The lowest BCUT2D eigenvalue weighted by atomic mass is 10.0. The zero-order valence-electron chi connectivity index (χ0n) is 9.01. The summed E-state index contributed by atoms with van der Waals surface area (Å²) in [5, 5.41) is 1.29. The van der Waals surface area contributed by atoms with Crippen molar-refractivity contribution in [3.63, 3.8) is 0 Å². The average Bonchev–Trinajstić information content (AvgIpc) is 2.25. The molecular formula is C11H13Cl3N2. The van der Waals surface area contributed by atoms with Crippen molar-refractivity contribution in [3.8, 4) is 0 Å². The van der Waals surface area contributed by atoms with E-state index < -0.39 is 0 Å². The van der Waals surface area contributed by atoms with Crippen LogP contribution in [0, 0.1) is 0 Å². The monoisotopic (exact) mass is 278 g/mol. The number of pyridine rings is 1. The highest BCUT2D eigenvalue weighted by Gasteiger charge is 2.22. The van der Waals surface area contributed by atoms with Gasteiger partial charge in [0, 0.05) is 12.6 Å². The van der Waals surface area contributed by atoms with Crippen molar-refractivity contribution in [1.82, 2.24) is 4.98 Å². The molecule has 0 saturated carbocycles. The summed E-state index contributed by atoms with van der Waals surface area (Å²) >= 11 is 17.9. The molecule has 5 heteroatoms. The Balaban J connectivity index is 2.35. The molecule has 1 aromatic heterocycles. The largest absolute Gasteiger partial charge is 0.353 e. The van der Waals surface area contributed by atoms with Crippen molar-refractivity contribution >= 4 is 40.6 Å². The van der Waals surface area contributed by atoms with Crippen LogP contribution >= 0.6 is 34.8 Å². The standard InChI is InChI=1S/C11H13Cl3N2/c1-7-4-2-3-5-16(7)11-9(13)6-8(12)10(14)15-11/h6-7H,2-5H2,1H3. The Morgan fingerprint density at radius 1 is 1.25 bits per heavy atom. The van der Waals surface area contributed by atoms with Crippen LogP contribution in [0.5, 0.6) is 0 Å². The van der Waals surface area contributed by atoms with Crippen LogP contribution in [0.3, 0.4) is 0 Å². The second-order valence-corrected chi connectivity index (χ2v) is 5.28. The average molecular weight is 280 g/mol. The van der Waals surface area contributed by atoms with Crippen molar-refractivity contribution in [1.29, 1.82) is 0 Å². The Morgan fingerprint density at radius 3 is 2.69 bits per heavy atom. The Bertz CT molecular complexity index is 395. The predicted octanol–water partition coefficient (Wildman–Crippen LogP) is 4.42. The molecule has 1 aliphatic rings. The van der Waals surface area contributed by atoms with Gasteiger partial charge in [-0.3, -0.25) is 0 Å². The van der Waals surface area contributed by atoms with Gasteiger partial charge in [-0.1, -0.05) is 34.8 Å². The number of halogens is 3. The molecule has 0 radical (unpaired) electrons. The van der Waals surface area contributed by atoms with Gasteiger partial charge in [-0.2, -0.15) is 0 Å². The highest BCUT2D eigenvalue weighted by atomic mass is 35.5. The predicted molar refractivity (Wildman–Crippen MR) is 69.9 cm³/mol. The van der Waals surface area contributed by atoms with Crippen LogP contribution < -0.4 is 4.90 Å². The van der Waals surface area contributed by atoms with E-state index in [1.807, 2.05) is 0 Å². The maximum Gasteiger partial charge on any atom is 0.150 e. The SMILES string of the molecule is CC1CCCCN1c1nc(Cl)c(Cl)cc1Cl. The molecule has 1 saturated heterocycles. The first kappa shape index (κ1) is 12.3. The maximum absolute atomic E-state index is 6.15. The van der Waals surface area contributed by atoms with Crippen LogP contribution in [0.4, 0.5) is 5.82 Å². The van der Waals surface area contributed by atoms with E-state index >= 15 is 0 Å². The first-order valence-electron chi connectivity index (χ1n) is 5.38. The number of aromatic nitrogens is 1. The maximum atomic E-state index is 6.15. The molecule has 0 amide bonds. The van der Waals surface area contributed by atoms with E-state index in [1.165, 1.54) is 12.8 Å². The van der Waals surface area contributed by atoms with Gasteiger partial charge >= 0.3 is 0 Å². The minimum atomic E-state index is 0.318. The molecule has 1 unspecified atom stereocenters. The first-order chi connectivity index (χ1) is 7.59. The summed E-state index contributed by atoms with van der Waals surface area (Å²) in [6.07, 6.45) is 3.59. The fraction of sp³-hybridized carbons (Fsp3) is 0.545. The molecule has 0 aromatic carbocycles. The molecule has 88 valence electrons. The van der Waals surface area contributed by atoms with Gasteiger partial charge in [0.2, 0.25) is 0 Å². The molecule has 0 aliphatic carbocycles. The van der Waals surface area contributed by atoms with Crippen LogP contribution in [0.15, 0.2) is 6.07 Å². The van der Waals surface area contributed by atoms with Crippen molar-refractivity contribution in [2.45, 2.75) is 32.2 Å². The molecule has 1 aromatic rings. The Kier molecular flexibility index (Phi) is 3.83. The van der Waals surface area contributed by atoms with Crippen LogP contribution in [0.1, 0.15) is 26.2 Å². The zero-order valence-corrected chi connectivity index (χ0v) is 11.3. The molecule has 1 atom stereocenters. The molecule has 0 bridgehead atoms. The number of rotatable bonds is 1. The van der Waals surface area contributed by atoms with Crippen molar-refractivity contribution in [3.05, 3.63) is 21.3 Å². The molecule has 1 aliphatic heterocycles. The smallest absolute Gasteiger partial charge is 0.150 e.